The highest BCUT2D eigenvalue weighted by atomic mass is 16.4. The van der Waals surface area contributed by atoms with E-state index in [-0.39, 0.29) is 18.6 Å². The Balaban J connectivity index is 3.99. The van der Waals surface area contributed by atoms with Crippen LogP contribution in [0.4, 0.5) is 4.79 Å². The van der Waals surface area contributed by atoms with E-state index < -0.39 is 5.97 Å². The summed E-state index contributed by atoms with van der Waals surface area (Å²) in [6.45, 7) is 6.01. The van der Waals surface area contributed by atoms with Gasteiger partial charge in [0.25, 0.3) is 0 Å². The van der Waals surface area contributed by atoms with Crippen molar-refractivity contribution < 1.29 is 14.7 Å². The number of rotatable bonds is 8. The Morgan fingerprint density at radius 1 is 1.29 bits per heavy atom. The van der Waals surface area contributed by atoms with Crippen LogP contribution >= 0.6 is 0 Å². The highest BCUT2D eigenvalue weighted by Crippen LogP contribution is 2.03. The molecule has 100 valence electrons. The summed E-state index contributed by atoms with van der Waals surface area (Å²) in [7, 11) is 0. The predicted molar refractivity (Wildman–Crippen MR) is 67.0 cm³/mol. The van der Waals surface area contributed by atoms with E-state index >= 15 is 0 Å². The molecule has 0 bridgehead atoms. The van der Waals surface area contributed by atoms with Crippen molar-refractivity contribution >= 4 is 12.0 Å². The van der Waals surface area contributed by atoms with Crippen molar-refractivity contribution in [1.82, 2.24) is 10.2 Å². The Bertz CT molecular complexity index is 244. The van der Waals surface area contributed by atoms with Gasteiger partial charge in [-0.2, -0.15) is 0 Å². The highest BCUT2D eigenvalue weighted by Gasteiger charge is 2.16. The molecule has 0 radical (unpaired) electrons. The van der Waals surface area contributed by atoms with E-state index in [1.165, 1.54) is 4.90 Å². The number of unbranched alkanes of at least 4 members (excludes halogenated alkanes) is 2. The molecule has 2 amide bonds. The number of carbonyl (C=O) groups excluding carboxylic acids is 1. The van der Waals surface area contributed by atoms with Crippen LogP contribution in [0.25, 0.3) is 0 Å². The van der Waals surface area contributed by atoms with Crippen molar-refractivity contribution in [2.45, 2.75) is 52.5 Å². The normalized spacial score (nSPS) is 11.9. The number of carboxylic acid groups (broad SMARTS) is 1. The molecule has 0 aromatic heterocycles. The Morgan fingerprint density at radius 2 is 1.94 bits per heavy atom. The molecule has 0 spiro atoms. The zero-order valence-electron chi connectivity index (χ0n) is 11.0. The van der Waals surface area contributed by atoms with Gasteiger partial charge in [0.2, 0.25) is 0 Å². The topological polar surface area (TPSA) is 69.6 Å². The van der Waals surface area contributed by atoms with Gasteiger partial charge in [-0.25, -0.2) is 4.79 Å². The number of amides is 2. The fourth-order valence-corrected chi connectivity index (χ4v) is 1.57. The van der Waals surface area contributed by atoms with Gasteiger partial charge in [0, 0.05) is 12.6 Å². The summed E-state index contributed by atoms with van der Waals surface area (Å²) >= 11 is 0. The van der Waals surface area contributed by atoms with Crippen LogP contribution in [0, 0.1) is 0 Å². The Hall–Kier alpha value is -1.26. The van der Waals surface area contributed by atoms with E-state index in [1.807, 2.05) is 6.92 Å². The van der Waals surface area contributed by atoms with Crippen molar-refractivity contribution in [3.8, 4) is 0 Å². The van der Waals surface area contributed by atoms with Crippen LogP contribution in [-0.2, 0) is 4.79 Å². The molecule has 0 aliphatic carbocycles. The number of hydrogen-bond acceptors (Lipinski definition) is 2. The molecule has 1 unspecified atom stereocenters. The van der Waals surface area contributed by atoms with Gasteiger partial charge in [-0.1, -0.05) is 26.2 Å². The number of hydrogen-bond donors (Lipinski definition) is 2. The van der Waals surface area contributed by atoms with E-state index in [0.29, 0.717) is 6.54 Å². The molecule has 0 saturated carbocycles. The van der Waals surface area contributed by atoms with Gasteiger partial charge in [-0.05, 0) is 20.3 Å². The summed E-state index contributed by atoms with van der Waals surface area (Å²) in [5.41, 5.74) is 0. The first-order valence-electron chi connectivity index (χ1n) is 6.28. The van der Waals surface area contributed by atoms with Gasteiger partial charge < -0.3 is 15.3 Å². The third kappa shape index (κ3) is 7.60. The molecule has 17 heavy (non-hydrogen) atoms. The molecule has 0 aromatic carbocycles. The molecule has 0 saturated heterocycles. The van der Waals surface area contributed by atoms with Crippen molar-refractivity contribution in [2.75, 3.05) is 13.1 Å². The monoisotopic (exact) mass is 244 g/mol. The number of nitrogens with zero attached hydrogens (tertiary/aromatic N) is 1. The second-order valence-electron chi connectivity index (χ2n) is 4.25. The summed E-state index contributed by atoms with van der Waals surface area (Å²) in [5, 5.41) is 11.5. The van der Waals surface area contributed by atoms with Gasteiger partial charge in [0.05, 0.1) is 0 Å². The molecule has 0 heterocycles. The summed E-state index contributed by atoms with van der Waals surface area (Å²) in [4.78, 5) is 23.5. The van der Waals surface area contributed by atoms with Crippen LogP contribution in [0.5, 0.6) is 0 Å². The zero-order valence-corrected chi connectivity index (χ0v) is 11.0. The minimum atomic E-state index is -0.986. The quantitative estimate of drug-likeness (QED) is 0.642. The molecular weight excluding hydrogens is 220 g/mol. The average molecular weight is 244 g/mol. The minimum Gasteiger partial charge on any atom is -0.480 e. The molecule has 0 aliphatic heterocycles. The fourth-order valence-electron chi connectivity index (χ4n) is 1.57. The molecular formula is C12H24N2O3. The number of likely N-dealkylation sites (N-methyl/N-ethyl adjacent to an activating group) is 1. The van der Waals surface area contributed by atoms with Crippen LogP contribution in [0.15, 0.2) is 0 Å². The fraction of sp³-hybridized carbons (Fsp3) is 0.833. The van der Waals surface area contributed by atoms with Crippen molar-refractivity contribution in [3.05, 3.63) is 0 Å². The maximum absolute atomic E-state index is 11.7. The van der Waals surface area contributed by atoms with E-state index in [0.717, 1.165) is 25.7 Å². The van der Waals surface area contributed by atoms with Crippen LogP contribution in [0.1, 0.15) is 46.5 Å². The van der Waals surface area contributed by atoms with Crippen LogP contribution in [-0.4, -0.2) is 41.1 Å². The first-order valence-corrected chi connectivity index (χ1v) is 6.28. The molecule has 1 atom stereocenters. The van der Waals surface area contributed by atoms with E-state index in [2.05, 4.69) is 12.2 Å². The highest BCUT2D eigenvalue weighted by molar-refractivity contribution is 5.80. The lowest BCUT2D eigenvalue weighted by Gasteiger charge is -2.22. The molecule has 0 fully saturated rings. The largest absolute Gasteiger partial charge is 0.480 e. The Morgan fingerprint density at radius 3 is 2.41 bits per heavy atom. The van der Waals surface area contributed by atoms with Crippen LogP contribution < -0.4 is 5.32 Å². The average Bonchev–Trinajstić information content (AvgIpc) is 2.25. The number of urea groups is 1. The lowest BCUT2D eigenvalue weighted by atomic mass is 10.1. The second kappa shape index (κ2) is 8.84. The molecule has 0 aliphatic rings. The second-order valence-corrected chi connectivity index (χ2v) is 4.25. The maximum Gasteiger partial charge on any atom is 0.323 e. The third-order valence-electron chi connectivity index (χ3n) is 2.61. The summed E-state index contributed by atoms with van der Waals surface area (Å²) in [6, 6.07) is -0.198. The SMILES string of the molecule is CCCCCC(C)NC(=O)N(CC)CC(=O)O. The van der Waals surface area contributed by atoms with E-state index in [9.17, 15) is 9.59 Å². The van der Waals surface area contributed by atoms with Crippen molar-refractivity contribution in [3.63, 3.8) is 0 Å². The minimum absolute atomic E-state index is 0.0943. The molecule has 5 nitrogen and oxygen atoms in total. The molecule has 5 heteroatoms. The lowest BCUT2D eigenvalue weighted by Crippen LogP contribution is -2.45. The van der Waals surface area contributed by atoms with Crippen molar-refractivity contribution in [1.29, 1.82) is 0 Å². The van der Waals surface area contributed by atoms with Gasteiger partial charge >= 0.3 is 12.0 Å². The van der Waals surface area contributed by atoms with E-state index in [4.69, 9.17) is 5.11 Å². The predicted octanol–water partition coefficient (Wildman–Crippen LogP) is 2.07. The van der Waals surface area contributed by atoms with Crippen LogP contribution in [0.2, 0.25) is 0 Å². The van der Waals surface area contributed by atoms with Gasteiger partial charge in [-0.15, -0.1) is 0 Å². The zero-order chi connectivity index (χ0) is 13.3. The lowest BCUT2D eigenvalue weighted by molar-refractivity contribution is -0.137. The standard InChI is InChI=1S/C12H24N2O3/c1-4-6-7-8-10(3)13-12(17)14(5-2)9-11(15)16/h10H,4-9H2,1-3H3,(H,13,17)(H,15,16). The van der Waals surface area contributed by atoms with Gasteiger partial charge in [0.1, 0.15) is 6.54 Å². The van der Waals surface area contributed by atoms with Gasteiger partial charge in [0.15, 0.2) is 0 Å². The summed E-state index contributed by atoms with van der Waals surface area (Å²) in [6.07, 6.45) is 4.33. The first kappa shape index (κ1) is 15.7. The maximum atomic E-state index is 11.7. The van der Waals surface area contributed by atoms with Crippen molar-refractivity contribution in [2.24, 2.45) is 0 Å². The number of carboxylic acids is 1. The smallest absolute Gasteiger partial charge is 0.323 e. The molecule has 0 aromatic rings. The first-order chi connectivity index (χ1) is 8.01. The molecule has 0 rings (SSSR count). The summed E-state index contributed by atoms with van der Waals surface area (Å²) < 4.78 is 0. The number of nitrogens with one attached hydrogen (secondary N) is 1. The Labute approximate surface area is 103 Å². The number of aliphatic carboxylic acids is 1. The summed E-state index contributed by atoms with van der Waals surface area (Å²) in [5.74, 6) is -0.986. The van der Waals surface area contributed by atoms with Crippen LogP contribution in [0.3, 0.4) is 0 Å². The Kier molecular flexibility index (Phi) is 8.19. The third-order valence-corrected chi connectivity index (χ3v) is 2.61. The molecule has 2 N–H and O–H groups in total. The van der Waals surface area contributed by atoms with E-state index in [1.54, 1.807) is 6.92 Å². The number of carbonyl (C=O) groups is 2. The van der Waals surface area contributed by atoms with Gasteiger partial charge in [-0.3, -0.25) is 4.79 Å².